The molecule has 0 saturated carbocycles. The van der Waals surface area contributed by atoms with Crippen LogP contribution in [0.4, 0.5) is 11.5 Å². The van der Waals surface area contributed by atoms with Crippen molar-refractivity contribution in [2.45, 2.75) is 19.4 Å². The van der Waals surface area contributed by atoms with Crippen molar-refractivity contribution in [3.05, 3.63) is 6.20 Å². The SMILES string of the molecule is COCCC(=O)Nc1cnn2c1NCCC2. The summed E-state index contributed by atoms with van der Waals surface area (Å²) in [6, 6.07) is 0. The van der Waals surface area contributed by atoms with Gasteiger partial charge in [-0.25, -0.2) is 4.68 Å². The van der Waals surface area contributed by atoms with Crippen molar-refractivity contribution in [3.8, 4) is 0 Å². The summed E-state index contributed by atoms with van der Waals surface area (Å²) in [5.41, 5.74) is 0.751. The Morgan fingerprint density at radius 3 is 3.44 bits per heavy atom. The molecule has 2 rings (SSSR count). The van der Waals surface area contributed by atoms with Gasteiger partial charge in [0, 0.05) is 20.2 Å². The molecule has 0 aliphatic carbocycles. The van der Waals surface area contributed by atoms with Crippen molar-refractivity contribution in [3.63, 3.8) is 0 Å². The Kier molecular flexibility index (Phi) is 3.40. The number of methoxy groups -OCH3 is 1. The van der Waals surface area contributed by atoms with Crippen LogP contribution in [0, 0.1) is 0 Å². The Morgan fingerprint density at radius 2 is 2.62 bits per heavy atom. The topological polar surface area (TPSA) is 68.2 Å². The highest BCUT2D eigenvalue weighted by molar-refractivity contribution is 5.93. The lowest BCUT2D eigenvalue weighted by molar-refractivity contribution is -0.117. The molecule has 6 heteroatoms. The summed E-state index contributed by atoms with van der Waals surface area (Å²) in [5, 5.41) is 10.2. The largest absolute Gasteiger partial charge is 0.384 e. The number of anilines is 2. The molecule has 0 atom stereocenters. The van der Waals surface area contributed by atoms with Gasteiger partial charge in [0.25, 0.3) is 0 Å². The second-order valence-corrected chi connectivity index (χ2v) is 3.70. The highest BCUT2D eigenvalue weighted by atomic mass is 16.5. The van der Waals surface area contributed by atoms with Crippen LogP contribution < -0.4 is 10.6 Å². The Labute approximate surface area is 94.0 Å². The van der Waals surface area contributed by atoms with Gasteiger partial charge in [-0.1, -0.05) is 0 Å². The summed E-state index contributed by atoms with van der Waals surface area (Å²) in [6.45, 7) is 2.26. The number of carbonyl (C=O) groups is 1. The Hall–Kier alpha value is -1.56. The summed E-state index contributed by atoms with van der Waals surface area (Å²) in [7, 11) is 1.58. The van der Waals surface area contributed by atoms with Crippen LogP contribution in [-0.4, -0.2) is 35.9 Å². The lowest BCUT2D eigenvalue weighted by Crippen LogP contribution is -2.20. The minimum atomic E-state index is -0.0509. The van der Waals surface area contributed by atoms with Gasteiger partial charge in [-0.15, -0.1) is 0 Å². The van der Waals surface area contributed by atoms with Crippen molar-refractivity contribution in [2.24, 2.45) is 0 Å². The number of nitrogens with one attached hydrogen (secondary N) is 2. The zero-order valence-corrected chi connectivity index (χ0v) is 9.32. The Morgan fingerprint density at radius 1 is 1.75 bits per heavy atom. The van der Waals surface area contributed by atoms with E-state index in [-0.39, 0.29) is 5.91 Å². The number of nitrogens with zero attached hydrogens (tertiary/aromatic N) is 2. The molecule has 1 aliphatic heterocycles. The predicted molar refractivity (Wildman–Crippen MR) is 60.5 cm³/mol. The number of hydrogen-bond donors (Lipinski definition) is 2. The van der Waals surface area contributed by atoms with Crippen LogP contribution in [0.1, 0.15) is 12.8 Å². The molecule has 0 fully saturated rings. The fourth-order valence-electron chi connectivity index (χ4n) is 1.68. The fraction of sp³-hybridized carbons (Fsp3) is 0.600. The first kappa shape index (κ1) is 10.9. The Bertz CT molecular complexity index is 375. The van der Waals surface area contributed by atoms with Gasteiger partial charge in [-0.05, 0) is 6.42 Å². The second-order valence-electron chi connectivity index (χ2n) is 3.70. The first-order chi connectivity index (χ1) is 7.81. The molecule has 2 N–H and O–H groups in total. The number of ether oxygens (including phenoxy) is 1. The van der Waals surface area contributed by atoms with Crippen molar-refractivity contribution >= 4 is 17.4 Å². The van der Waals surface area contributed by atoms with Crippen LogP contribution in [0.5, 0.6) is 0 Å². The quantitative estimate of drug-likeness (QED) is 0.789. The van der Waals surface area contributed by atoms with Crippen LogP contribution in [0.3, 0.4) is 0 Å². The number of carbonyl (C=O) groups excluding carboxylic acids is 1. The number of hydrogen-bond acceptors (Lipinski definition) is 4. The number of aromatic nitrogens is 2. The molecule has 0 aromatic carbocycles. The smallest absolute Gasteiger partial charge is 0.226 e. The van der Waals surface area contributed by atoms with Gasteiger partial charge in [0.2, 0.25) is 5.91 Å². The van der Waals surface area contributed by atoms with Gasteiger partial charge in [0.05, 0.1) is 19.2 Å². The molecule has 6 nitrogen and oxygen atoms in total. The summed E-state index contributed by atoms with van der Waals surface area (Å²) in [6.07, 6.45) is 3.10. The van der Waals surface area contributed by atoms with E-state index in [2.05, 4.69) is 15.7 Å². The molecule has 88 valence electrons. The third-order valence-electron chi connectivity index (χ3n) is 2.49. The van der Waals surface area contributed by atoms with Crippen LogP contribution in [0.25, 0.3) is 0 Å². The van der Waals surface area contributed by atoms with Gasteiger partial charge in [-0.2, -0.15) is 5.10 Å². The number of amides is 1. The molecule has 0 saturated heterocycles. The maximum atomic E-state index is 11.5. The van der Waals surface area contributed by atoms with Crippen molar-refractivity contribution in [1.29, 1.82) is 0 Å². The van der Waals surface area contributed by atoms with Gasteiger partial charge in [-0.3, -0.25) is 4.79 Å². The summed E-state index contributed by atoms with van der Waals surface area (Å²) >= 11 is 0. The third kappa shape index (κ3) is 2.33. The molecule has 1 aromatic rings. The van der Waals surface area contributed by atoms with Gasteiger partial charge >= 0.3 is 0 Å². The molecular formula is C10H16N4O2. The van der Waals surface area contributed by atoms with Crippen molar-refractivity contribution < 1.29 is 9.53 Å². The van der Waals surface area contributed by atoms with Gasteiger partial charge < -0.3 is 15.4 Å². The average Bonchev–Trinajstić information content (AvgIpc) is 2.70. The van der Waals surface area contributed by atoms with E-state index in [0.717, 1.165) is 31.0 Å². The highest BCUT2D eigenvalue weighted by Gasteiger charge is 2.15. The van der Waals surface area contributed by atoms with E-state index in [0.29, 0.717) is 13.0 Å². The van der Waals surface area contributed by atoms with Crippen LogP contribution in [0.15, 0.2) is 6.20 Å². The van der Waals surface area contributed by atoms with E-state index < -0.39 is 0 Å². The highest BCUT2D eigenvalue weighted by Crippen LogP contribution is 2.24. The van der Waals surface area contributed by atoms with E-state index in [1.807, 2.05) is 4.68 Å². The molecule has 0 bridgehead atoms. The lowest BCUT2D eigenvalue weighted by Gasteiger charge is -2.17. The van der Waals surface area contributed by atoms with Crippen LogP contribution in [-0.2, 0) is 16.1 Å². The summed E-state index contributed by atoms with van der Waals surface area (Å²) < 4.78 is 6.72. The summed E-state index contributed by atoms with van der Waals surface area (Å²) in [5.74, 6) is 0.849. The molecule has 1 amide bonds. The van der Waals surface area contributed by atoms with Crippen molar-refractivity contribution in [2.75, 3.05) is 30.9 Å². The van der Waals surface area contributed by atoms with E-state index in [9.17, 15) is 4.79 Å². The number of rotatable bonds is 4. The van der Waals surface area contributed by atoms with E-state index in [4.69, 9.17) is 4.74 Å². The molecule has 1 aliphatic rings. The molecule has 1 aromatic heterocycles. The van der Waals surface area contributed by atoms with Gasteiger partial charge in [0.15, 0.2) is 0 Å². The minimum Gasteiger partial charge on any atom is -0.384 e. The fourth-order valence-corrected chi connectivity index (χ4v) is 1.68. The molecule has 0 spiro atoms. The zero-order chi connectivity index (χ0) is 11.4. The molecule has 0 radical (unpaired) electrons. The van der Waals surface area contributed by atoms with E-state index in [1.54, 1.807) is 13.3 Å². The first-order valence-electron chi connectivity index (χ1n) is 5.39. The maximum absolute atomic E-state index is 11.5. The number of fused-ring (bicyclic) bond motifs is 1. The lowest BCUT2D eigenvalue weighted by atomic mass is 10.3. The normalized spacial score (nSPS) is 14.1. The van der Waals surface area contributed by atoms with Crippen LogP contribution in [0.2, 0.25) is 0 Å². The first-order valence-corrected chi connectivity index (χ1v) is 5.39. The van der Waals surface area contributed by atoms with Gasteiger partial charge in [0.1, 0.15) is 11.5 Å². The minimum absolute atomic E-state index is 0.0509. The van der Waals surface area contributed by atoms with Crippen molar-refractivity contribution in [1.82, 2.24) is 9.78 Å². The van der Waals surface area contributed by atoms with E-state index in [1.165, 1.54) is 0 Å². The molecule has 0 unspecified atom stereocenters. The maximum Gasteiger partial charge on any atom is 0.226 e. The average molecular weight is 224 g/mol. The monoisotopic (exact) mass is 224 g/mol. The predicted octanol–water partition coefficient (Wildman–Crippen LogP) is 0.674. The standard InChI is InChI=1S/C10H16N4O2/c1-16-6-3-9(15)13-8-7-12-14-5-2-4-11-10(8)14/h7,11H,2-6H2,1H3,(H,13,15). The number of aryl methyl sites for hydroxylation is 1. The van der Waals surface area contributed by atoms with E-state index >= 15 is 0 Å². The second kappa shape index (κ2) is 4.98. The molecule has 2 heterocycles. The molecule has 16 heavy (non-hydrogen) atoms. The Balaban J connectivity index is 1.99. The van der Waals surface area contributed by atoms with Crippen LogP contribution >= 0.6 is 0 Å². The summed E-state index contributed by atoms with van der Waals surface area (Å²) in [4.78, 5) is 11.5. The molecular weight excluding hydrogens is 208 g/mol. The third-order valence-corrected chi connectivity index (χ3v) is 2.49. The zero-order valence-electron chi connectivity index (χ0n) is 9.32.